The Hall–Kier alpha value is -0.240. The fourth-order valence-corrected chi connectivity index (χ4v) is 5.50. The van der Waals surface area contributed by atoms with Gasteiger partial charge >= 0.3 is 0 Å². The Kier molecular flexibility index (Phi) is 4.59. The van der Waals surface area contributed by atoms with Gasteiger partial charge in [-0.1, -0.05) is 6.42 Å². The quantitative estimate of drug-likeness (QED) is 0.537. The van der Waals surface area contributed by atoms with Crippen LogP contribution < -0.4 is 0 Å². The van der Waals surface area contributed by atoms with Crippen molar-refractivity contribution in [2.24, 2.45) is 29.6 Å². The van der Waals surface area contributed by atoms with Gasteiger partial charge in [0.25, 0.3) is 0 Å². The van der Waals surface area contributed by atoms with Gasteiger partial charge in [-0.15, -0.1) is 11.6 Å². The smallest absolute Gasteiger partial charge is 0.225 e. The third kappa shape index (κ3) is 2.86. The van der Waals surface area contributed by atoms with E-state index >= 15 is 0 Å². The highest BCUT2D eigenvalue weighted by atomic mass is 35.5. The van der Waals surface area contributed by atoms with Gasteiger partial charge in [0.05, 0.1) is 0 Å². The fraction of sp³-hybridized carbons (Fsp3) is 0.941. The van der Waals surface area contributed by atoms with Gasteiger partial charge in [-0.25, -0.2) is 0 Å². The lowest BCUT2D eigenvalue weighted by molar-refractivity contribution is -0.147. The van der Waals surface area contributed by atoms with Crippen LogP contribution in [0.4, 0.5) is 0 Å². The largest absolute Gasteiger partial charge is 0.346 e. The number of halogens is 1. The van der Waals surface area contributed by atoms with E-state index in [1.165, 1.54) is 32.1 Å². The van der Waals surface area contributed by atoms with Crippen molar-refractivity contribution in [3.8, 4) is 0 Å². The van der Waals surface area contributed by atoms with E-state index in [-0.39, 0.29) is 0 Å². The monoisotopic (exact) mass is 297 g/mol. The summed E-state index contributed by atoms with van der Waals surface area (Å²) < 4.78 is 0. The zero-order valence-corrected chi connectivity index (χ0v) is 13.4. The molecule has 4 fully saturated rings. The average Bonchev–Trinajstić information content (AvgIpc) is 2.42. The van der Waals surface area contributed by atoms with Crippen LogP contribution in [0.3, 0.4) is 0 Å². The number of hydrogen-bond acceptors (Lipinski definition) is 1. The third-order valence-electron chi connectivity index (χ3n) is 6.02. The first-order valence-electron chi connectivity index (χ1n) is 8.50. The maximum absolute atomic E-state index is 12.8. The van der Waals surface area contributed by atoms with Gasteiger partial charge in [-0.2, -0.15) is 0 Å². The van der Waals surface area contributed by atoms with Crippen LogP contribution in [0.15, 0.2) is 0 Å². The van der Waals surface area contributed by atoms with E-state index in [1.807, 2.05) is 11.9 Å². The third-order valence-corrected chi connectivity index (χ3v) is 6.28. The molecule has 20 heavy (non-hydrogen) atoms. The first kappa shape index (κ1) is 14.7. The molecular formula is C17H28ClNO. The Morgan fingerprint density at radius 2 is 1.60 bits per heavy atom. The molecule has 0 spiro atoms. The second kappa shape index (κ2) is 6.25. The van der Waals surface area contributed by atoms with Crippen LogP contribution in [0.5, 0.6) is 0 Å². The molecule has 0 heterocycles. The van der Waals surface area contributed by atoms with Crippen molar-refractivity contribution in [3.05, 3.63) is 0 Å². The van der Waals surface area contributed by atoms with Gasteiger partial charge < -0.3 is 4.90 Å². The predicted molar refractivity (Wildman–Crippen MR) is 82.7 cm³/mol. The number of rotatable bonds is 6. The Bertz CT molecular complexity index is 329. The van der Waals surface area contributed by atoms with E-state index < -0.39 is 0 Å². The summed E-state index contributed by atoms with van der Waals surface area (Å²) >= 11 is 5.70. The summed E-state index contributed by atoms with van der Waals surface area (Å²) in [7, 11) is 2.01. The lowest BCUT2D eigenvalue weighted by Crippen LogP contribution is -2.51. The zero-order valence-electron chi connectivity index (χ0n) is 12.7. The lowest BCUT2D eigenvalue weighted by atomic mass is 9.51. The van der Waals surface area contributed by atoms with Crippen molar-refractivity contribution in [1.82, 2.24) is 4.90 Å². The molecule has 0 aromatic carbocycles. The number of carbonyl (C=O) groups excluding carboxylic acids is 1. The molecule has 0 atom stereocenters. The van der Waals surface area contributed by atoms with Gasteiger partial charge in [0.15, 0.2) is 0 Å². The minimum absolute atomic E-state index is 0.362. The number of hydrogen-bond donors (Lipinski definition) is 0. The summed E-state index contributed by atoms with van der Waals surface area (Å²) in [5.41, 5.74) is 0. The number of amides is 1. The van der Waals surface area contributed by atoms with E-state index in [9.17, 15) is 4.79 Å². The van der Waals surface area contributed by atoms with E-state index in [1.54, 1.807) is 0 Å². The molecule has 0 aliphatic heterocycles. The van der Waals surface area contributed by atoms with Crippen molar-refractivity contribution in [1.29, 1.82) is 0 Å². The summed E-state index contributed by atoms with van der Waals surface area (Å²) in [4.78, 5) is 14.8. The second-order valence-corrected chi connectivity index (χ2v) is 7.84. The van der Waals surface area contributed by atoms with Crippen LogP contribution in [0.1, 0.15) is 51.4 Å². The molecule has 4 aliphatic rings. The minimum atomic E-state index is 0.362. The van der Waals surface area contributed by atoms with Crippen molar-refractivity contribution < 1.29 is 4.79 Å². The molecule has 0 N–H and O–H groups in total. The molecule has 0 saturated heterocycles. The van der Waals surface area contributed by atoms with Crippen LogP contribution >= 0.6 is 11.6 Å². The van der Waals surface area contributed by atoms with Crippen molar-refractivity contribution in [2.75, 3.05) is 19.5 Å². The highest BCUT2D eigenvalue weighted by Gasteiger charge is 2.51. The summed E-state index contributed by atoms with van der Waals surface area (Å²) in [6.45, 7) is 0.915. The molecule has 0 unspecified atom stereocenters. The van der Waals surface area contributed by atoms with Crippen molar-refractivity contribution in [3.63, 3.8) is 0 Å². The van der Waals surface area contributed by atoms with Gasteiger partial charge in [0, 0.05) is 25.4 Å². The molecule has 4 saturated carbocycles. The van der Waals surface area contributed by atoms with E-state index in [2.05, 4.69) is 0 Å². The van der Waals surface area contributed by atoms with Crippen molar-refractivity contribution >= 4 is 17.5 Å². The SMILES string of the molecule is CN(CCCCCCl)C(=O)C1C2CC3CC(C2)CC1C3. The number of carbonyl (C=O) groups is 1. The molecule has 4 bridgehead atoms. The average molecular weight is 298 g/mol. The van der Waals surface area contributed by atoms with Gasteiger partial charge in [-0.3, -0.25) is 4.79 Å². The molecule has 0 aromatic rings. The van der Waals surface area contributed by atoms with Crippen LogP contribution in [-0.4, -0.2) is 30.3 Å². The minimum Gasteiger partial charge on any atom is -0.346 e. The Morgan fingerprint density at radius 3 is 2.15 bits per heavy atom. The van der Waals surface area contributed by atoms with Crippen LogP contribution in [0.2, 0.25) is 0 Å². The molecule has 0 radical (unpaired) electrons. The number of alkyl halides is 1. The normalized spacial score (nSPS) is 38.2. The van der Waals surface area contributed by atoms with Crippen LogP contribution in [0.25, 0.3) is 0 Å². The van der Waals surface area contributed by atoms with Crippen LogP contribution in [-0.2, 0) is 4.79 Å². The molecule has 2 nitrogen and oxygen atoms in total. The number of unbranched alkanes of at least 4 members (excludes halogenated alkanes) is 2. The fourth-order valence-electron chi connectivity index (χ4n) is 5.31. The first-order valence-corrected chi connectivity index (χ1v) is 9.03. The molecule has 0 aromatic heterocycles. The van der Waals surface area contributed by atoms with Gasteiger partial charge in [0.1, 0.15) is 0 Å². The lowest BCUT2D eigenvalue weighted by Gasteiger charge is -2.54. The summed E-state index contributed by atoms with van der Waals surface area (Å²) in [5, 5.41) is 0. The Balaban J connectivity index is 1.54. The molecule has 3 heteroatoms. The molecule has 4 rings (SSSR count). The number of nitrogens with zero attached hydrogens (tertiary/aromatic N) is 1. The molecule has 1 amide bonds. The van der Waals surface area contributed by atoms with E-state index in [0.29, 0.717) is 23.7 Å². The van der Waals surface area contributed by atoms with Gasteiger partial charge in [-0.05, 0) is 68.6 Å². The highest BCUT2D eigenvalue weighted by Crippen LogP contribution is 2.56. The Morgan fingerprint density at radius 1 is 1.00 bits per heavy atom. The zero-order chi connectivity index (χ0) is 14.1. The predicted octanol–water partition coefficient (Wildman–Crippen LogP) is 3.93. The standard InChI is InChI=1S/C17H28ClNO/c1-19(6-4-2-3-5-18)17(20)16-14-8-12-7-13(10-14)11-15(16)9-12/h12-16H,2-11H2,1H3. The second-order valence-electron chi connectivity index (χ2n) is 7.47. The van der Waals surface area contributed by atoms with Crippen LogP contribution in [0, 0.1) is 29.6 Å². The summed E-state index contributed by atoms with van der Waals surface area (Å²) in [6, 6.07) is 0. The first-order chi connectivity index (χ1) is 9.69. The van der Waals surface area contributed by atoms with Gasteiger partial charge in [0.2, 0.25) is 5.91 Å². The molecule has 4 aliphatic carbocycles. The highest BCUT2D eigenvalue weighted by molar-refractivity contribution is 6.17. The van der Waals surface area contributed by atoms with E-state index in [4.69, 9.17) is 11.6 Å². The Labute approximate surface area is 128 Å². The van der Waals surface area contributed by atoms with E-state index in [0.717, 1.165) is 43.5 Å². The van der Waals surface area contributed by atoms with Crippen molar-refractivity contribution in [2.45, 2.75) is 51.4 Å². The summed E-state index contributed by atoms with van der Waals surface area (Å²) in [6.07, 6.45) is 10.1. The molecular weight excluding hydrogens is 270 g/mol. The maximum atomic E-state index is 12.8. The molecule has 114 valence electrons. The topological polar surface area (TPSA) is 20.3 Å². The summed E-state index contributed by atoms with van der Waals surface area (Å²) in [5.74, 6) is 4.89. The maximum Gasteiger partial charge on any atom is 0.225 e.